The Morgan fingerprint density at radius 3 is 2.46 bits per heavy atom. The van der Waals surface area contributed by atoms with Gasteiger partial charge >= 0.3 is 0 Å². The van der Waals surface area contributed by atoms with E-state index >= 15 is 0 Å². The molecule has 2 amide bonds. The Bertz CT molecular complexity index is 985. The van der Waals surface area contributed by atoms with Crippen LogP contribution in [0.3, 0.4) is 0 Å². The van der Waals surface area contributed by atoms with Gasteiger partial charge in [0.25, 0.3) is 5.91 Å². The van der Waals surface area contributed by atoms with Gasteiger partial charge in [-0.1, -0.05) is 18.2 Å². The molecule has 8 heteroatoms. The molecule has 28 heavy (non-hydrogen) atoms. The number of sulfonamides is 1. The minimum atomic E-state index is -3.57. The fraction of sp³-hybridized carbons (Fsp3) is 0.300. The van der Waals surface area contributed by atoms with Gasteiger partial charge in [0, 0.05) is 44.9 Å². The minimum absolute atomic E-state index is 0.112. The summed E-state index contributed by atoms with van der Waals surface area (Å²) in [6.45, 7) is 1.32. The second-order valence-electron chi connectivity index (χ2n) is 6.89. The van der Waals surface area contributed by atoms with E-state index in [1.54, 1.807) is 24.3 Å². The summed E-state index contributed by atoms with van der Waals surface area (Å²) in [5.74, 6) is -0.169. The molecule has 1 saturated heterocycles. The fourth-order valence-corrected chi connectivity index (χ4v) is 3.95. The Kier molecular flexibility index (Phi) is 5.81. The second-order valence-corrected chi connectivity index (χ2v) is 9.04. The molecular formula is C20H23N3O4S. The Balaban J connectivity index is 1.69. The number of benzene rings is 2. The average molecular weight is 401 g/mol. The molecule has 0 radical (unpaired) electrons. The van der Waals surface area contributed by atoms with Crippen LogP contribution in [0, 0.1) is 0 Å². The highest BCUT2D eigenvalue weighted by molar-refractivity contribution is 7.89. The van der Waals surface area contributed by atoms with Gasteiger partial charge in [0.1, 0.15) is 0 Å². The van der Waals surface area contributed by atoms with Crippen molar-refractivity contribution in [2.45, 2.75) is 24.3 Å². The van der Waals surface area contributed by atoms with E-state index in [0.717, 1.165) is 22.8 Å². The summed E-state index contributed by atoms with van der Waals surface area (Å²) in [4.78, 5) is 26.1. The predicted octanol–water partition coefficient (Wildman–Crippen LogP) is 2.31. The standard InChI is InChI=1S/C20H23N3O4S/c1-22(2)28(26,27)18-6-3-5-17(13-18)21-20(25)16-10-8-15(9-11-16)14-23-12-4-7-19(23)24/h3,5-6,8-11,13H,4,7,12,14H2,1-2H3,(H,21,25). The van der Waals surface area contributed by atoms with Gasteiger partial charge in [0.15, 0.2) is 0 Å². The monoisotopic (exact) mass is 401 g/mol. The third-order valence-electron chi connectivity index (χ3n) is 4.63. The van der Waals surface area contributed by atoms with Crippen LogP contribution in [0.5, 0.6) is 0 Å². The van der Waals surface area contributed by atoms with E-state index in [0.29, 0.717) is 24.2 Å². The predicted molar refractivity (Wildman–Crippen MR) is 106 cm³/mol. The number of hydrogen-bond donors (Lipinski definition) is 1. The molecule has 0 bridgehead atoms. The maximum absolute atomic E-state index is 12.5. The van der Waals surface area contributed by atoms with Gasteiger partial charge in [-0.2, -0.15) is 0 Å². The molecule has 2 aromatic carbocycles. The molecule has 0 aromatic heterocycles. The van der Waals surface area contributed by atoms with E-state index in [9.17, 15) is 18.0 Å². The van der Waals surface area contributed by atoms with Crippen LogP contribution in [0.1, 0.15) is 28.8 Å². The van der Waals surface area contributed by atoms with E-state index in [1.807, 2.05) is 17.0 Å². The molecule has 1 aliphatic heterocycles. The summed E-state index contributed by atoms with van der Waals surface area (Å²) in [6, 6.07) is 13.2. The van der Waals surface area contributed by atoms with Crippen molar-refractivity contribution in [3.63, 3.8) is 0 Å². The van der Waals surface area contributed by atoms with Crippen molar-refractivity contribution in [2.75, 3.05) is 26.0 Å². The zero-order valence-electron chi connectivity index (χ0n) is 15.9. The van der Waals surface area contributed by atoms with Crippen molar-refractivity contribution in [2.24, 2.45) is 0 Å². The number of anilines is 1. The van der Waals surface area contributed by atoms with Crippen molar-refractivity contribution in [1.82, 2.24) is 9.21 Å². The first-order valence-electron chi connectivity index (χ1n) is 8.98. The Labute approximate surface area is 165 Å². The van der Waals surface area contributed by atoms with E-state index in [-0.39, 0.29) is 16.7 Å². The van der Waals surface area contributed by atoms with Gasteiger partial charge in [0.05, 0.1) is 4.90 Å². The number of nitrogens with one attached hydrogen (secondary N) is 1. The van der Waals surface area contributed by atoms with E-state index in [2.05, 4.69) is 5.32 Å². The van der Waals surface area contributed by atoms with Crippen molar-refractivity contribution >= 4 is 27.5 Å². The molecule has 1 N–H and O–H groups in total. The lowest BCUT2D eigenvalue weighted by Crippen LogP contribution is -2.23. The van der Waals surface area contributed by atoms with Gasteiger partial charge in [-0.05, 0) is 42.3 Å². The number of rotatable bonds is 6. The Morgan fingerprint density at radius 1 is 1.14 bits per heavy atom. The topological polar surface area (TPSA) is 86.8 Å². The van der Waals surface area contributed by atoms with Gasteiger partial charge in [-0.3, -0.25) is 9.59 Å². The van der Waals surface area contributed by atoms with Crippen LogP contribution in [-0.4, -0.2) is 50.1 Å². The third kappa shape index (κ3) is 4.40. The molecule has 0 unspecified atom stereocenters. The van der Waals surface area contributed by atoms with Gasteiger partial charge in [-0.25, -0.2) is 12.7 Å². The molecule has 0 aliphatic carbocycles. The van der Waals surface area contributed by atoms with Crippen LogP contribution >= 0.6 is 0 Å². The molecule has 1 aliphatic rings. The van der Waals surface area contributed by atoms with Gasteiger partial charge in [0.2, 0.25) is 15.9 Å². The van der Waals surface area contributed by atoms with E-state index in [4.69, 9.17) is 0 Å². The van der Waals surface area contributed by atoms with Crippen LogP contribution < -0.4 is 5.32 Å². The second kappa shape index (κ2) is 8.12. The highest BCUT2D eigenvalue weighted by atomic mass is 32.2. The summed E-state index contributed by atoms with van der Waals surface area (Å²) in [7, 11) is -0.659. The summed E-state index contributed by atoms with van der Waals surface area (Å²) in [5, 5.41) is 2.72. The quantitative estimate of drug-likeness (QED) is 0.805. The minimum Gasteiger partial charge on any atom is -0.338 e. The largest absolute Gasteiger partial charge is 0.338 e. The molecule has 1 fully saturated rings. The molecule has 0 saturated carbocycles. The highest BCUT2D eigenvalue weighted by Gasteiger charge is 2.20. The molecule has 3 rings (SSSR count). The van der Waals surface area contributed by atoms with Crippen LogP contribution in [0.4, 0.5) is 5.69 Å². The lowest BCUT2D eigenvalue weighted by Gasteiger charge is -2.15. The van der Waals surface area contributed by atoms with Crippen molar-refractivity contribution in [3.8, 4) is 0 Å². The third-order valence-corrected chi connectivity index (χ3v) is 6.44. The van der Waals surface area contributed by atoms with E-state index < -0.39 is 10.0 Å². The maximum atomic E-state index is 12.5. The molecule has 0 atom stereocenters. The van der Waals surface area contributed by atoms with Gasteiger partial charge < -0.3 is 10.2 Å². The summed E-state index contributed by atoms with van der Waals surface area (Å²) in [5.41, 5.74) is 1.82. The summed E-state index contributed by atoms with van der Waals surface area (Å²) >= 11 is 0. The maximum Gasteiger partial charge on any atom is 0.255 e. The van der Waals surface area contributed by atoms with Crippen LogP contribution in [-0.2, 0) is 21.4 Å². The molecule has 1 heterocycles. The number of amides is 2. The molecule has 7 nitrogen and oxygen atoms in total. The smallest absolute Gasteiger partial charge is 0.255 e. The van der Waals surface area contributed by atoms with Gasteiger partial charge in [-0.15, -0.1) is 0 Å². The van der Waals surface area contributed by atoms with Crippen LogP contribution in [0.2, 0.25) is 0 Å². The lowest BCUT2D eigenvalue weighted by atomic mass is 10.1. The fourth-order valence-electron chi connectivity index (χ4n) is 3.00. The number of hydrogen-bond acceptors (Lipinski definition) is 4. The van der Waals surface area contributed by atoms with Crippen molar-refractivity contribution in [3.05, 3.63) is 59.7 Å². The molecule has 148 valence electrons. The molecule has 0 spiro atoms. The number of nitrogens with zero attached hydrogens (tertiary/aromatic N) is 2. The molecule has 2 aromatic rings. The van der Waals surface area contributed by atoms with E-state index in [1.165, 1.54) is 26.2 Å². The Morgan fingerprint density at radius 2 is 1.86 bits per heavy atom. The van der Waals surface area contributed by atoms with Crippen LogP contribution in [0.15, 0.2) is 53.4 Å². The first-order chi connectivity index (χ1) is 13.3. The van der Waals surface area contributed by atoms with Crippen molar-refractivity contribution in [1.29, 1.82) is 0 Å². The highest BCUT2D eigenvalue weighted by Crippen LogP contribution is 2.19. The zero-order valence-corrected chi connectivity index (χ0v) is 16.7. The summed E-state index contributed by atoms with van der Waals surface area (Å²) in [6.07, 6.45) is 1.49. The lowest BCUT2D eigenvalue weighted by molar-refractivity contribution is -0.128. The normalized spacial score (nSPS) is 14.5. The van der Waals surface area contributed by atoms with Crippen LogP contribution in [0.25, 0.3) is 0 Å². The van der Waals surface area contributed by atoms with Crippen molar-refractivity contribution < 1.29 is 18.0 Å². The zero-order chi connectivity index (χ0) is 20.3. The summed E-state index contributed by atoms with van der Waals surface area (Å²) < 4.78 is 25.6. The first-order valence-corrected chi connectivity index (χ1v) is 10.4. The number of likely N-dealkylation sites (tertiary alicyclic amines) is 1. The number of carbonyl (C=O) groups excluding carboxylic acids is 2. The SMILES string of the molecule is CN(C)S(=O)(=O)c1cccc(NC(=O)c2ccc(CN3CCCC3=O)cc2)c1. The average Bonchev–Trinajstić information content (AvgIpc) is 3.07. The number of carbonyl (C=O) groups is 2. The molecular weight excluding hydrogens is 378 g/mol. The first kappa shape index (κ1) is 20.0. The Hall–Kier alpha value is -2.71.